The summed E-state index contributed by atoms with van der Waals surface area (Å²) in [6.07, 6.45) is 5.22. The highest BCUT2D eigenvalue weighted by Crippen LogP contribution is 2.08. The van der Waals surface area contributed by atoms with Gasteiger partial charge in [-0.25, -0.2) is 0 Å². The number of nitrogens with two attached hydrogens (primary N) is 2. The average Bonchev–Trinajstić information content (AvgIpc) is 2.66. The third-order valence-corrected chi connectivity index (χ3v) is 3.58. The van der Waals surface area contributed by atoms with Gasteiger partial charge in [-0.05, 0) is 12.8 Å². The van der Waals surface area contributed by atoms with E-state index in [0.717, 1.165) is 45.2 Å². The Morgan fingerprint density at radius 1 is 0.593 bits per heavy atom. The van der Waals surface area contributed by atoms with Crippen LogP contribution < -0.4 is 33.1 Å². The lowest BCUT2D eigenvalue weighted by atomic mass is 10.1. The minimum Gasteiger partial charge on any atom is -0.371 e. The Bertz CT molecular complexity index is 328. The average molecular weight is 391 g/mol. The quantitative estimate of drug-likeness (QED) is 0.112. The molecule has 0 saturated heterocycles. The van der Waals surface area contributed by atoms with E-state index in [0.29, 0.717) is 52.1 Å². The molecule has 0 saturated carbocycles. The summed E-state index contributed by atoms with van der Waals surface area (Å²) >= 11 is 0. The molecule has 0 heterocycles. The van der Waals surface area contributed by atoms with Crippen molar-refractivity contribution in [1.29, 1.82) is 0 Å². The largest absolute Gasteiger partial charge is 0.371 e. The molecule has 0 aromatic rings. The fourth-order valence-electron chi connectivity index (χ4n) is 2.17. The first-order chi connectivity index (χ1) is 13.2. The molecular weight excluding hydrogens is 352 g/mol. The van der Waals surface area contributed by atoms with Crippen molar-refractivity contribution in [1.82, 2.24) is 21.6 Å². The third-order valence-electron chi connectivity index (χ3n) is 3.58. The molecule has 0 rings (SSSR count). The van der Waals surface area contributed by atoms with E-state index in [1.807, 2.05) is 0 Å². The van der Waals surface area contributed by atoms with Crippen LogP contribution in [0.25, 0.3) is 0 Å². The molecule has 0 aromatic heterocycles. The van der Waals surface area contributed by atoms with Gasteiger partial charge in [-0.15, -0.1) is 0 Å². The van der Waals surface area contributed by atoms with E-state index >= 15 is 0 Å². The summed E-state index contributed by atoms with van der Waals surface area (Å²) in [5, 5.41) is 6.17. The molecular formula is C17H38N6O4. The van der Waals surface area contributed by atoms with Crippen molar-refractivity contribution in [2.75, 3.05) is 52.4 Å². The van der Waals surface area contributed by atoms with Gasteiger partial charge in [0, 0.05) is 65.2 Å². The number of hydrogen-bond donors (Lipinski definition) is 6. The SMILES string of the molecule is NCCNCCNOC(=O)CCCCCCCC(=O)ONCCNCCN. The van der Waals surface area contributed by atoms with Crippen LogP contribution in [0.4, 0.5) is 0 Å². The standard InChI is InChI=1S/C17H38N6O4/c18-8-10-20-12-14-22-26-16(24)6-4-2-1-3-5-7-17(25)27-23-15-13-21-11-9-19/h20-23H,1-15,18-19H2. The molecule has 0 spiro atoms. The number of carbonyl (C=O) groups excluding carboxylic acids is 2. The lowest BCUT2D eigenvalue weighted by Crippen LogP contribution is -2.31. The Balaban J connectivity index is 3.27. The van der Waals surface area contributed by atoms with Gasteiger partial charge in [0.1, 0.15) is 0 Å². The highest BCUT2D eigenvalue weighted by molar-refractivity contribution is 5.69. The van der Waals surface area contributed by atoms with Crippen molar-refractivity contribution in [3.05, 3.63) is 0 Å². The van der Waals surface area contributed by atoms with Crippen molar-refractivity contribution in [3.8, 4) is 0 Å². The second-order valence-electron chi connectivity index (χ2n) is 6.08. The molecule has 0 aromatic carbocycles. The first-order valence-corrected chi connectivity index (χ1v) is 9.87. The van der Waals surface area contributed by atoms with Gasteiger partial charge in [-0.2, -0.15) is 11.0 Å². The van der Waals surface area contributed by atoms with Crippen LogP contribution in [0.2, 0.25) is 0 Å². The van der Waals surface area contributed by atoms with Gasteiger partial charge in [0.2, 0.25) is 0 Å². The Hall–Kier alpha value is -1.30. The minimum absolute atomic E-state index is 0.246. The number of nitrogens with one attached hydrogen (secondary N) is 4. The molecule has 0 atom stereocenters. The zero-order chi connectivity index (χ0) is 20.0. The van der Waals surface area contributed by atoms with Crippen molar-refractivity contribution < 1.29 is 19.3 Å². The molecule has 0 radical (unpaired) electrons. The van der Waals surface area contributed by atoms with Crippen molar-refractivity contribution in [2.24, 2.45) is 11.5 Å². The summed E-state index contributed by atoms with van der Waals surface area (Å²) in [5.74, 6) is -0.492. The number of rotatable bonds is 20. The zero-order valence-corrected chi connectivity index (χ0v) is 16.4. The van der Waals surface area contributed by atoms with Crippen LogP contribution in [0.3, 0.4) is 0 Å². The molecule has 0 aliphatic heterocycles. The first kappa shape index (κ1) is 25.7. The number of hydrogen-bond acceptors (Lipinski definition) is 10. The van der Waals surface area contributed by atoms with Gasteiger partial charge in [-0.3, -0.25) is 9.59 Å². The van der Waals surface area contributed by atoms with Gasteiger partial charge >= 0.3 is 11.9 Å². The summed E-state index contributed by atoms with van der Waals surface area (Å²) in [7, 11) is 0. The lowest BCUT2D eigenvalue weighted by Gasteiger charge is -2.07. The molecule has 27 heavy (non-hydrogen) atoms. The van der Waals surface area contributed by atoms with Gasteiger partial charge in [-0.1, -0.05) is 19.3 Å². The molecule has 0 fully saturated rings. The van der Waals surface area contributed by atoms with E-state index in [1.54, 1.807) is 0 Å². The maximum Gasteiger partial charge on any atom is 0.324 e. The monoisotopic (exact) mass is 390 g/mol. The Morgan fingerprint density at radius 3 is 1.41 bits per heavy atom. The summed E-state index contributed by atoms with van der Waals surface area (Å²) in [4.78, 5) is 32.8. The lowest BCUT2D eigenvalue weighted by molar-refractivity contribution is -0.151. The predicted molar refractivity (Wildman–Crippen MR) is 104 cm³/mol. The highest BCUT2D eigenvalue weighted by atomic mass is 16.7. The van der Waals surface area contributed by atoms with Crippen LogP contribution >= 0.6 is 0 Å². The summed E-state index contributed by atoms with van der Waals surface area (Å²) in [6, 6.07) is 0. The molecule has 10 nitrogen and oxygen atoms in total. The van der Waals surface area contributed by atoms with Gasteiger partial charge in [0.15, 0.2) is 0 Å². The molecule has 0 unspecified atom stereocenters. The van der Waals surface area contributed by atoms with Crippen molar-refractivity contribution >= 4 is 11.9 Å². The van der Waals surface area contributed by atoms with E-state index in [1.165, 1.54) is 0 Å². The van der Waals surface area contributed by atoms with E-state index in [4.69, 9.17) is 21.1 Å². The molecule has 0 amide bonds. The van der Waals surface area contributed by atoms with E-state index in [2.05, 4.69) is 21.6 Å². The second kappa shape index (κ2) is 21.0. The summed E-state index contributed by atoms with van der Waals surface area (Å²) in [6.45, 7) is 5.19. The van der Waals surface area contributed by atoms with Gasteiger partial charge in [0.25, 0.3) is 0 Å². The molecule has 0 aliphatic carbocycles. The zero-order valence-electron chi connectivity index (χ0n) is 16.4. The molecule has 160 valence electrons. The predicted octanol–water partition coefficient (Wildman–Crippen LogP) is -1.09. The van der Waals surface area contributed by atoms with Crippen molar-refractivity contribution in [3.63, 3.8) is 0 Å². The Labute approximate surface area is 162 Å². The number of hydroxylamine groups is 2. The third kappa shape index (κ3) is 20.9. The summed E-state index contributed by atoms with van der Waals surface area (Å²) in [5.41, 5.74) is 15.9. The fourth-order valence-corrected chi connectivity index (χ4v) is 2.17. The van der Waals surface area contributed by atoms with Crippen molar-refractivity contribution in [2.45, 2.75) is 44.9 Å². The first-order valence-electron chi connectivity index (χ1n) is 9.87. The Morgan fingerprint density at radius 2 is 1.00 bits per heavy atom. The van der Waals surface area contributed by atoms with Gasteiger partial charge < -0.3 is 31.8 Å². The molecule has 10 heteroatoms. The van der Waals surface area contributed by atoms with Crippen LogP contribution in [0.1, 0.15) is 44.9 Å². The highest BCUT2D eigenvalue weighted by Gasteiger charge is 2.04. The maximum atomic E-state index is 11.5. The molecule has 8 N–H and O–H groups in total. The van der Waals surface area contributed by atoms with Crippen LogP contribution in [0, 0.1) is 0 Å². The normalized spacial score (nSPS) is 10.7. The van der Waals surface area contributed by atoms with Crippen LogP contribution in [-0.4, -0.2) is 64.3 Å². The topological polar surface area (TPSA) is 153 Å². The van der Waals surface area contributed by atoms with E-state index in [-0.39, 0.29) is 11.9 Å². The number of unbranched alkanes of at least 4 members (excludes halogenated alkanes) is 4. The Kier molecular flexibility index (Phi) is 20.0. The van der Waals surface area contributed by atoms with Crippen LogP contribution in [0.15, 0.2) is 0 Å². The minimum atomic E-state index is -0.246. The molecule has 0 bridgehead atoms. The summed E-state index contributed by atoms with van der Waals surface area (Å²) < 4.78 is 0. The van der Waals surface area contributed by atoms with Crippen LogP contribution in [0.5, 0.6) is 0 Å². The smallest absolute Gasteiger partial charge is 0.324 e. The maximum absolute atomic E-state index is 11.5. The van der Waals surface area contributed by atoms with Gasteiger partial charge in [0.05, 0.1) is 0 Å². The number of carbonyl (C=O) groups is 2. The van der Waals surface area contributed by atoms with Crippen LogP contribution in [-0.2, 0) is 19.3 Å². The molecule has 0 aliphatic rings. The van der Waals surface area contributed by atoms with E-state index < -0.39 is 0 Å². The second-order valence-corrected chi connectivity index (χ2v) is 6.08. The van der Waals surface area contributed by atoms with E-state index in [9.17, 15) is 9.59 Å². The fraction of sp³-hybridized carbons (Fsp3) is 0.882.